The molecule has 0 aliphatic rings. The second-order valence-electron chi connectivity index (χ2n) is 3.96. The van der Waals surface area contributed by atoms with Crippen LogP contribution in [0.5, 0.6) is 0 Å². The van der Waals surface area contributed by atoms with E-state index in [1.807, 2.05) is 0 Å². The summed E-state index contributed by atoms with van der Waals surface area (Å²) in [4.78, 5) is -0.0203. The minimum atomic E-state index is -0.267. The zero-order valence-electron chi connectivity index (χ0n) is 9.34. The predicted octanol–water partition coefficient (Wildman–Crippen LogP) is 5.41. The SMILES string of the molecule is Fc1ccc(CC(Br)c2cc(F)ccc2Br)cc1. The second kappa shape index (κ2) is 5.93. The highest BCUT2D eigenvalue weighted by atomic mass is 79.9. The highest BCUT2D eigenvalue weighted by Crippen LogP contribution is 2.33. The zero-order chi connectivity index (χ0) is 13.1. The summed E-state index contributed by atoms with van der Waals surface area (Å²) in [5.41, 5.74) is 1.84. The van der Waals surface area contributed by atoms with Crippen LogP contribution in [0.25, 0.3) is 0 Å². The van der Waals surface area contributed by atoms with Gasteiger partial charge in [-0.25, -0.2) is 8.78 Å². The maximum absolute atomic E-state index is 13.2. The molecule has 0 amide bonds. The van der Waals surface area contributed by atoms with E-state index in [2.05, 4.69) is 31.9 Å². The molecule has 2 rings (SSSR count). The molecule has 2 aromatic rings. The lowest BCUT2D eigenvalue weighted by atomic mass is 10.0. The molecule has 1 atom stereocenters. The van der Waals surface area contributed by atoms with Gasteiger partial charge in [-0.2, -0.15) is 0 Å². The van der Waals surface area contributed by atoms with Gasteiger partial charge in [-0.3, -0.25) is 0 Å². The van der Waals surface area contributed by atoms with Gasteiger partial charge in [0.05, 0.1) is 0 Å². The summed E-state index contributed by atoms with van der Waals surface area (Å²) >= 11 is 6.94. The fraction of sp³-hybridized carbons (Fsp3) is 0.143. The summed E-state index contributed by atoms with van der Waals surface area (Å²) in [7, 11) is 0. The van der Waals surface area contributed by atoms with Crippen molar-refractivity contribution in [3.8, 4) is 0 Å². The maximum Gasteiger partial charge on any atom is 0.123 e. The van der Waals surface area contributed by atoms with Crippen molar-refractivity contribution in [3.63, 3.8) is 0 Å². The number of rotatable bonds is 3. The Morgan fingerprint density at radius 3 is 2.22 bits per heavy atom. The molecule has 0 aromatic heterocycles. The molecule has 0 heterocycles. The largest absolute Gasteiger partial charge is 0.207 e. The first-order valence-electron chi connectivity index (χ1n) is 5.40. The molecule has 1 unspecified atom stereocenters. The van der Waals surface area contributed by atoms with Crippen molar-refractivity contribution in [2.24, 2.45) is 0 Å². The molecular formula is C14H10Br2F2. The molecule has 18 heavy (non-hydrogen) atoms. The molecule has 0 aliphatic carbocycles. The van der Waals surface area contributed by atoms with Crippen LogP contribution >= 0.6 is 31.9 Å². The van der Waals surface area contributed by atoms with Gasteiger partial charge in [0.25, 0.3) is 0 Å². The topological polar surface area (TPSA) is 0 Å². The minimum Gasteiger partial charge on any atom is -0.207 e. The normalized spacial score (nSPS) is 12.4. The Bertz CT molecular complexity index is 538. The Labute approximate surface area is 121 Å². The Balaban J connectivity index is 2.18. The lowest BCUT2D eigenvalue weighted by molar-refractivity contribution is 0.624. The second-order valence-corrected chi connectivity index (χ2v) is 5.92. The minimum absolute atomic E-state index is 0.0203. The Kier molecular flexibility index (Phi) is 4.51. The average molecular weight is 376 g/mol. The molecule has 0 nitrogen and oxygen atoms in total. The highest BCUT2D eigenvalue weighted by molar-refractivity contribution is 9.11. The number of halogens is 4. The number of alkyl halides is 1. The van der Waals surface area contributed by atoms with Gasteiger partial charge in [0.15, 0.2) is 0 Å². The van der Waals surface area contributed by atoms with Crippen molar-refractivity contribution >= 4 is 31.9 Å². The van der Waals surface area contributed by atoms with Crippen LogP contribution in [0.1, 0.15) is 16.0 Å². The first-order valence-corrected chi connectivity index (χ1v) is 7.10. The van der Waals surface area contributed by atoms with Crippen LogP contribution in [0.3, 0.4) is 0 Å². The van der Waals surface area contributed by atoms with E-state index in [4.69, 9.17) is 0 Å². The molecule has 4 heteroatoms. The van der Waals surface area contributed by atoms with Gasteiger partial charge >= 0.3 is 0 Å². The predicted molar refractivity (Wildman–Crippen MR) is 75.9 cm³/mol. The molecule has 0 radical (unpaired) electrons. The van der Waals surface area contributed by atoms with E-state index in [0.29, 0.717) is 6.42 Å². The third-order valence-corrected chi connectivity index (χ3v) is 4.16. The molecule has 94 valence electrons. The van der Waals surface area contributed by atoms with Crippen molar-refractivity contribution in [2.75, 3.05) is 0 Å². The summed E-state index contributed by atoms with van der Waals surface area (Å²) < 4.78 is 26.9. The van der Waals surface area contributed by atoms with E-state index >= 15 is 0 Å². The lowest BCUT2D eigenvalue weighted by Gasteiger charge is -2.12. The van der Waals surface area contributed by atoms with Crippen LogP contribution < -0.4 is 0 Å². The Hall–Kier alpha value is -0.740. The van der Waals surface area contributed by atoms with Gasteiger partial charge in [0, 0.05) is 9.30 Å². The zero-order valence-corrected chi connectivity index (χ0v) is 12.5. The van der Waals surface area contributed by atoms with Crippen molar-refractivity contribution < 1.29 is 8.78 Å². The van der Waals surface area contributed by atoms with Crippen molar-refractivity contribution in [2.45, 2.75) is 11.2 Å². The van der Waals surface area contributed by atoms with E-state index in [9.17, 15) is 8.78 Å². The standard InChI is InChI=1S/C14H10Br2F2/c15-13-6-5-11(18)8-12(13)14(16)7-9-1-3-10(17)4-2-9/h1-6,8,14H,7H2. The van der Waals surface area contributed by atoms with E-state index in [1.165, 1.54) is 24.3 Å². The Morgan fingerprint density at radius 1 is 0.944 bits per heavy atom. The summed E-state index contributed by atoms with van der Waals surface area (Å²) in [6.07, 6.45) is 0.669. The lowest BCUT2D eigenvalue weighted by Crippen LogP contribution is -1.97. The van der Waals surface area contributed by atoms with Crippen LogP contribution in [0.2, 0.25) is 0 Å². The molecule has 0 saturated carbocycles. The van der Waals surface area contributed by atoms with Gasteiger partial charge in [-0.15, -0.1) is 0 Å². The molecule has 2 aromatic carbocycles. The molecular weight excluding hydrogens is 366 g/mol. The van der Waals surface area contributed by atoms with E-state index in [-0.39, 0.29) is 16.5 Å². The fourth-order valence-corrected chi connectivity index (χ4v) is 3.27. The molecule has 0 saturated heterocycles. The third kappa shape index (κ3) is 3.39. The number of hydrogen-bond donors (Lipinski definition) is 0. The maximum atomic E-state index is 13.2. The summed E-state index contributed by atoms with van der Waals surface area (Å²) in [5.74, 6) is -0.520. The van der Waals surface area contributed by atoms with Gasteiger partial charge in [0.2, 0.25) is 0 Å². The molecule has 0 bridgehead atoms. The Morgan fingerprint density at radius 2 is 1.56 bits per heavy atom. The van der Waals surface area contributed by atoms with Crippen LogP contribution in [0.4, 0.5) is 8.78 Å². The quantitative estimate of drug-likeness (QED) is 0.629. The summed E-state index contributed by atoms with van der Waals surface area (Å²) in [6, 6.07) is 10.9. The van der Waals surface area contributed by atoms with E-state index in [1.54, 1.807) is 18.2 Å². The first kappa shape index (κ1) is 13.7. The highest BCUT2D eigenvalue weighted by Gasteiger charge is 2.13. The molecule has 0 aliphatic heterocycles. The van der Waals surface area contributed by atoms with E-state index in [0.717, 1.165) is 15.6 Å². The summed E-state index contributed by atoms with van der Waals surface area (Å²) in [5, 5.41) is 0. The first-order chi connectivity index (χ1) is 8.56. The van der Waals surface area contributed by atoms with Crippen molar-refractivity contribution in [3.05, 3.63) is 69.7 Å². The van der Waals surface area contributed by atoms with Crippen molar-refractivity contribution in [1.82, 2.24) is 0 Å². The molecule has 0 spiro atoms. The number of hydrogen-bond acceptors (Lipinski definition) is 0. The van der Waals surface area contributed by atoms with Gasteiger partial charge in [0.1, 0.15) is 11.6 Å². The molecule has 0 fully saturated rings. The summed E-state index contributed by atoms with van der Waals surface area (Å²) in [6.45, 7) is 0. The fourth-order valence-electron chi connectivity index (χ4n) is 1.69. The smallest absolute Gasteiger partial charge is 0.123 e. The number of benzene rings is 2. The molecule has 0 N–H and O–H groups in total. The van der Waals surface area contributed by atoms with Gasteiger partial charge in [-0.1, -0.05) is 44.0 Å². The van der Waals surface area contributed by atoms with Gasteiger partial charge < -0.3 is 0 Å². The van der Waals surface area contributed by atoms with Crippen LogP contribution in [-0.4, -0.2) is 0 Å². The average Bonchev–Trinajstić information content (AvgIpc) is 2.35. The van der Waals surface area contributed by atoms with Gasteiger partial charge in [-0.05, 0) is 47.9 Å². The monoisotopic (exact) mass is 374 g/mol. The van der Waals surface area contributed by atoms with Crippen LogP contribution in [-0.2, 0) is 6.42 Å². The third-order valence-electron chi connectivity index (χ3n) is 2.62. The van der Waals surface area contributed by atoms with Crippen LogP contribution in [0, 0.1) is 11.6 Å². The van der Waals surface area contributed by atoms with Crippen molar-refractivity contribution in [1.29, 1.82) is 0 Å². The van der Waals surface area contributed by atoms with E-state index < -0.39 is 0 Å². The van der Waals surface area contributed by atoms with Crippen LogP contribution in [0.15, 0.2) is 46.9 Å².